The maximum Gasteiger partial charge on any atom is 0.106 e. The number of rotatable bonds is 1. The van der Waals surface area contributed by atoms with Crippen LogP contribution in [-0.4, -0.2) is 4.98 Å². The molecule has 70 valence electrons. The molecule has 0 saturated carbocycles. The SMILES string of the molecule is Nc1ccc(-c2ccc(Br)nc2)cc1. The van der Waals surface area contributed by atoms with Crippen LogP contribution < -0.4 is 5.73 Å². The average Bonchev–Trinajstić information content (AvgIpc) is 2.21. The van der Waals surface area contributed by atoms with Crippen LogP contribution in [0, 0.1) is 0 Å². The molecule has 0 radical (unpaired) electrons. The number of hydrogen-bond acceptors (Lipinski definition) is 2. The molecule has 0 atom stereocenters. The molecule has 0 saturated heterocycles. The zero-order valence-corrected chi connectivity index (χ0v) is 9.03. The van der Waals surface area contributed by atoms with E-state index in [1.165, 1.54) is 0 Å². The highest BCUT2D eigenvalue weighted by Crippen LogP contribution is 2.20. The second-order valence-corrected chi connectivity index (χ2v) is 3.80. The molecule has 0 spiro atoms. The largest absolute Gasteiger partial charge is 0.399 e. The van der Waals surface area contributed by atoms with Gasteiger partial charge in [0.05, 0.1) is 0 Å². The third-order valence-electron chi connectivity index (χ3n) is 1.97. The fourth-order valence-corrected chi connectivity index (χ4v) is 1.46. The predicted octanol–water partition coefficient (Wildman–Crippen LogP) is 3.09. The summed E-state index contributed by atoms with van der Waals surface area (Å²) >= 11 is 3.30. The van der Waals surface area contributed by atoms with Crippen molar-refractivity contribution in [2.45, 2.75) is 0 Å². The van der Waals surface area contributed by atoms with E-state index in [2.05, 4.69) is 20.9 Å². The first kappa shape index (κ1) is 9.21. The minimum Gasteiger partial charge on any atom is -0.399 e. The Morgan fingerprint density at radius 3 is 2.14 bits per heavy atom. The monoisotopic (exact) mass is 248 g/mol. The van der Waals surface area contributed by atoms with E-state index in [1.807, 2.05) is 42.6 Å². The van der Waals surface area contributed by atoms with Gasteiger partial charge >= 0.3 is 0 Å². The van der Waals surface area contributed by atoms with E-state index in [0.717, 1.165) is 21.4 Å². The number of aromatic nitrogens is 1. The van der Waals surface area contributed by atoms with Crippen LogP contribution in [0.15, 0.2) is 47.2 Å². The Morgan fingerprint density at radius 2 is 1.57 bits per heavy atom. The van der Waals surface area contributed by atoms with Gasteiger partial charge in [0.15, 0.2) is 0 Å². The Labute approximate surface area is 90.9 Å². The van der Waals surface area contributed by atoms with E-state index < -0.39 is 0 Å². The lowest BCUT2D eigenvalue weighted by molar-refractivity contribution is 1.28. The van der Waals surface area contributed by atoms with E-state index in [4.69, 9.17) is 5.73 Å². The van der Waals surface area contributed by atoms with Crippen LogP contribution in [0.3, 0.4) is 0 Å². The summed E-state index contributed by atoms with van der Waals surface area (Å²) < 4.78 is 0.844. The summed E-state index contributed by atoms with van der Waals surface area (Å²) in [5.41, 5.74) is 8.60. The van der Waals surface area contributed by atoms with Crippen molar-refractivity contribution >= 4 is 21.6 Å². The van der Waals surface area contributed by atoms with Crippen LogP contribution in [0.5, 0.6) is 0 Å². The van der Waals surface area contributed by atoms with Gasteiger partial charge in [-0.3, -0.25) is 0 Å². The van der Waals surface area contributed by atoms with Crippen molar-refractivity contribution in [1.29, 1.82) is 0 Å². The molecule has 0 aliphatic heterocycles. The van der Waals surface area contributed by atoms with Crippen molar-refractivity contribution in [2.75, 3.05) is 5.73 Å². The fraction of sp³-hybridized carbons (Fsp3) is 0. The van der Waals surface area contributed by atoms with E-state index >= 15 is 0 Å². The van der Waals surface area contributed by atoms with Crippen molar-refractivity contribution in [3.05, 3.63) is 47.2 Å². The standard InChI is InChI=1S/C11H9BrN2/c12-11-6-3-9(7-14-11)8-1-4-10(13)5-2-8/h1-7H,13H2. The number of nitrogen functional groups attached to an aromatic ring is 1. The van der Waals surface area contributed by atoms with Gasteiger partial charge in [-0.2, -0.15) is 0 Å². The highest BCUT2D eigenvalue weighted by atomic mass is 79.9. The Balaban J connectivity index is 2.40. The normalized spacial score (nSPS) is 10.1. The molecule has 0 unspecified atom stereocenters. The number of halogens is 1. The molecule has 0 aliphatic rings. The Kier molecular flexibility index (Phi) is 2.50. The average molecular weight is 249 g/mol. The molecule has 2 rings (SSSR count). The van der Waals surface area contributed by atoms with Gasteiger partial charge in [0, 0.05) is 17.4 Å². The molecular weight excluding hydrogens is 240 g/mol. The molecule has 0 fully saturated rings. The number of benzene rings is 1. The van der Waals surface area contributed by atoms with Gasteiger partial charge in [-0.25, -0.2) is 4.98 Å². The van der Waals surface area contributed by atoms with Crippen LogP contribution >= 0.6 is 15.9 Å². The second kappa shape index (κ2) is 3.80. The smallest absolute Gasteiger partial charge is 0.106 e. The predicted molar refractivity (Wildman–Crippen MR) is 61.8 cm³/mol. The summed E-state index contributed by atoms with van der Waals surface area (Å²) in [6.07, 6.45) is 1.83. The second-order valence-electron chi connectivity index (χ2n) is 2.99. The third-order valence-corrected chi connectivity index (χ3v) is 2.44. The number of hydrogen-bond donors (Lipinski definition) is 1. The summed E-state index contributed by atoms with van der Waals surface area (Å²) in [5, 5.41) is 0. The molecule has 2 aromatic rings. The minimum atomic E-state index is 0.777. The van der Waals surface area contributed by atoms with Crippen LogP contribution in [0.4, 0.5) is 5.69 Å². The van der Waals surface area contributed by atoms with Gasteiger partial charge in [-0.1, -0.05) is 18.2 Å². The van der Waals surface area contributed by atoms with Gasteiger partial charge in [-0.05, 0) is 39.7 Å². The molecule has 2 N–H and O–H groups in total. The van der Waals surface area contributed by atoms with E-state index in [0.29, 0.717) is 0 Å². The lowest BCUT2D eigenvalue weighted by Gasteiger charge is -2.01. The van der Waals surface area contributed by atoms with Crippen molar-refractivity contribution < 1.29 is 0 Å². The van der Waals surface area contributed by atoms with E-state index in [9.17, 15) is 0 Å². The molecule has 0 bridgehead atoms. The number of nitrogens with two attached hydrogens (primary N) is 1. The van der Waals surface area contributed by atoms with Crippen molar-refractivity contribution in [2.24, 2.45) is 0 Å². The maximum atomic E-state index is 5.61. The number of nitrogens with zero attached hydrogens (tertiary/aromatic N) is 1. The first-order chi connectivity index (χ1) is 6.75. The maximum absolute atomic E-state index is 5.61. The molecular formula is C11H9BrN2. The van der Waals surface area contributed by atoms with Crippen LogP contribution in [0.2, 0.25) is 0 Å². The zero-order valence-electron chi connectivity index (χ0n) is 7.44. The summed E-state index contributed by atoms with van der Waals surface area (Å²) in [6, 6.07) is 11.7. The highest BCUT2D eigenvalue weighted by Gasteiger charge is 1.97. The van der Waals surface area contributed by atoms with Crippen molar-refractivity contribution in [1.82, 2.24) is 4.98 Å². The number of anilines is 1. The molecule has 14 heavy (non-hydrogen) atoms. The molecule has 0 aliphatic carbocycles. The van der Waals surface area contributed by atoms with Gasteiger partial charge in [0.1, 0.15) is 4.60 Å². The first-order valence-electron chi connectivity index (χ1n) is 4.23. The van der Waals surface area contributed by atoms with Gasteiger partial charge in [0.2, 0.25) is 0 Å². The van der Waals surface area contributed by atoms with Gasteiger partial charge in [-0.15, -0.1) is 0 Å². The first-order valence-corrected chi connectivity index (χ1v) is 5.02. The topological polar surface area (TPSA) is 38.9 Å². The van der Waals surface area contributed by atoms with E-state index in [1.54, 1.807) is 0 Å². The summed E-state index contributed by atoms with van der Waals surface area (Å²) in [4.78, 5) is 4.16. The van der Waals surface area contributed by atoms with Crippen LogP contribution in [-0.2, 0) is 0 Å². The Morgan fingerprint density at radius 1 is 0.929 bits per heavy atom. The van der Waals surface area contributed by atoms with Crippen LogP contribution in [0.1, 0.15) is 0 Å². The third kappa shape index (κ3) is 1.93. The van der Waals surface area contributed by atoms with Crippen molar-refractivity contribution in [3.8, 4) is 11.1 Å². The lowest BCUT2D eigenvalue weighted by Crippen LogP contribution is -1.84. The quantitative estimate of drug-likeness (QED) is 0.623. The molecule has 3 heteroatoms. The molecule has 0 amide bonds. The van der Waals surface area contributed by atoms with Crippen molar-refractivity contribution in [3.63, 3.8) is 0 Å². The Hall–Kier alpha value is -1.35. The molecule has 2 nitrogen and oxygen atoms in total. The minimum absolute atomic E-state index is 0.777. The van der Waals surface area contributed by atoms with E-state index in [-0.39, 0.29) is 0 Å². The highest BCUT2D eigenvalue weighted by molar-refractivity contribution is 9.10. The Bertz CT molecular complexity index is 377. The summed E-state index contributed by atoms with van der Waals surface area (Å²) in [5.74, 6) is 0. The molecule has 1 heterocycles. The van der Waals surface area contributed by atoms with Crippen LogP contribution in [0.25, 0.3) is 11.1 Å². The molecule has 1 aromatic carbocycles. The van der Waals surface area contributed by atoms with Gasteiger partial charge in [0.25, 0.3) is 0 Å². The number of pyridine rings is 1. The molecule has 1 aromatic heterocycles. The summed E-state index contributed by atoms with van der Waals surface area (Å²) in [6.45, 7) is 0. The fourth-order valence-electron chi connectivity index (χ4n) is 1.22. The lowest BCUT2D eigenvalue weighted by atomic mass is 10.1. The zero-order chi connectivity index (χ0) is 9.97. The van der Waals surface area contributed by atoms with Gasteiger partial charge < -0.3 is 5.73 Å². The summed E-state index contributed by atoms with van der Waals surface area (Å²) in [7, 11) is 0.